The van der Waals surface area contributed by atoms with Gasteiger partial charge in [-0.2, -0.15) is 0 Å². The van der Waals surface area contributed by atoms with Crippen LogP contribution in [0.25, 0.3) is 0 Å². The fourth-order valence-corrected chi connectivity index (χ4v) is 1.89. The van der Waals surface area contributed by atoms with Gasteiger partial charge in [0.25, 0.3) is 5.56 Å². The minimum Gasteiger partial charge on any atom is -0.383 e. The van der Waals surface area contributed by atoms with Gasteiger partial charge in [-0.25, -0.2) is 0 Å². The van der Waals surface area contributed by atoms with Crippen molar-refractivity contribution in [1.29, 1.82) is 0 Å². The van der Waals surface area contributed by atoms with E-state index >= 15 is 0 Å². The van der Waals surface area contributed by atoms with E-state index in [1.165, 1.54) is 10.6 Å². The number of nitrogens with two attached hydrogens (primary N) is 1. The first-order chi connectivity index (χ1) is 9.56. The number of ether oxygens (including phenoxy) is 1. The maximum atomic E-state index is 11.8. The van der Waals surface area contributed by atoms with Crippen molar-refractivity contribution in [2.75, 3.05) is 19.0 Å². The molecular weight excluding hydrogens is 258 g/mol. The molecule has 1 aromatic heterocycles. The Kier molecular flexibility index (Phi) is 6.97. The third-order valence-corrected chi connectivity index (χ3v) is 2.91. The van der Waals surface area contributed by atoms with Crippen molar-refractivity contribution in [2.45, 2.75) is 38.8 Å². The van der Waals surface area contributed by atoms with Crippen molar-refractivity contribution >= 4 is 11.6 Å². The number of rotatable bonds is 8. The molecule has 0 aliphatic rings. The molecule has 0 aliphatic heterocycles. The van der Waals surface area contributed by atoms with E-state index < -0.39 is 0 Å². The highest BCUT2D eigenvalue weighted by atomic mass is 16.5. The summed E-state index contributed by atoms with van der Waals surface area (Å²) in [6, 6.07) is 2.89. The van der Waals surface area contributed by atoms with Gasteiger partial charge in [-0.05, 0) is 12.5 Å². The van der Waals surface area contributed by atoms with Crippen LogP contribution in [0.1, 0.15) is 26.2 Å². The molecule has 1 heterocycles. The Bertz CT molecular complexity index is 485. The third kappa shape index (κ3) is 5.54. The summed E-state index contributed by atoms with van der Waals surface area (Å²) in [7, 11) is 1.58. The summed E-state index contributed by atoms with van der Waals surface area (Å²) in [5.41, 5.74) is 6.30. The van der Waals surface area contributed by atoms with Gasteiger partial charge in [-0.3, -0.25) is 9.59 Å². The number of hydrogen-bond donors (Lipinski definition) is 2. The average molecular weight is 281 g/mol. The Balaban J connectivity index is 2.63. The molecular formula is C14H23N3O3. The van der Waals surface area contributed by atoms with Crippen LogP contribution in [0.5, 0.6) is 0 Å². The molecule has 0 saturated heterocycles. The van der Waals surface area contributed by atoms with Gasteiger partial charge in [-0.15, -0.1) is 0 Å². The number of methoxy groups -OCH3 is 1. The zero-order valence-electron chi connectivity index (χ0n) is 12.1. The van der Waals surface area contributed by atoms with Crippen LogP contribution in [0, 0.1) is 0 Å². The Morgan fingerprint density at radius 3 is 2.90 bits per heavy atom. The van der Waals surface area contributed by atoms with Gasteiger partial charge >= 0.3 is 0 Å². The smallest absolute Gasteiger partial charge is 0.250 e. The number of nitrogens with one attached hydrogen (secondary N) is 1. The molecule has 1 rings (SSSR count). The Hall–Kier alpha value is -1.66. The van der Waals surface area contributed by atoms with Crippen LogP contribution < -0.4 is 16.6 Å². The number of hydrogen-bond acceptors (Lipinski definition) is 4. The Labute approximate surface area is 118 Å². The molecule has 112 valence electrons. The molecule has 0 aliphatic carbocycles. The Morgan fingerprint density at radius 2 is 2.25 bits per heavy atom. The van der Waals surface area contributed by atoms with E-state index in [4.69, 9.17) is 10.5 Å². The van der Waals surface area contributed by atoms with E-state index in [0.29, 0.717) is 18.8 Å². The average Bonchev–Trinajstić information content (AvgIpc) is 2.39. The van der Waals surface area contributed by atoms with E-state index in [1.54, 1.807) is 19.4 Å². The number of nitrogens with zero attached hydrogens (tertiary/aromatic N) is 1. The predicted octanol–water partition coefficient (Wildman–Crippen LogP) is 0.951. The summed E-state index contributed by atoms with van der Waals surface area (Å²) >= 11 is 0. The molecule has 1 amide bonds. The fourth-order valence-electron chi connectivity index (χ4n) is 1.89. The van der Waals surface area contributed by atoms with E-state index in [1.807, 2.05) is 6.92 Å². The highest BCUT2D eigenvalue weighted by Gasteiger charge is 2.09. The maximum absolute atomic E-state index is 11.8. The first kappa shape index (κ1) is 16.4. The summed E-state index contributed by atoms with van der Waals surface area (Å²) in [6.45, 7) is 2.93. The fraction of sp³-hybridized carbons (Fsp3) is 0.571. The van der Waals surface area contributed by atoms with Crippen LogP contribution >= 0.6 is 0 Å². The number of pyridine rings is 1. The first-order valence-corrected chi connectivity index (χ1v) is 6.81. The molecule has 6 nitrogen and oxygen atoms in total. The molecule has 20 heavy (non-hydrogen) atoms. The third-order valence-electron chi connectivity index (χ3n) is 2.91. The summed E-state index contributed by atoms with van der Waals surface area (Å²) in [6.07, 6.45) is 3.67. The largest absolute Gasteiger partial charge is 0.383 e. The summed E-state index contributed by atoms with van der Waals surface area (Å²) in [4.78, 5) is 23.4. The van der Waals surface area contributed by atoms with E-state index in [9.17, 15) is 9.59 Å². The molecule has 0 spiro atoms. The molecule has 1 atom stereocenters. The quantitative estimate of drug-likeness (QED) is 0.743. The second-order valence-corrected chi connectivity index (χ2v) is 4.74. The lowest BCUT2D eigenvalue weighted by Gasteiger charge is -2.12. The van der Waals surface area contributed by atoms with Gasteiger partial charge in [0.05, 0.1) is 12.3 Å². The van der Waals surface area contributed by atoms with Crippen LogP contribution in [0.2, 0.25) is 0 Å². The van der Waals surface area contributed by atoms with Crippen LogP contribution in [0.4, 0.5) is 5.69 Å². The minimum absolute atomic E-state index is 0.122. The normalized spacial score (nSPS) is 12.2. The van der Waals surface area contributed by atoms with Crippen LogP contribution in [-0.2, 0) is 16.1 Å². The SMILES string of the molecule is CCCC(N)CC(=O)Nc1ccc(=O)n(CCOC)c1. The van der Waals surface area contributed by atoms with Gasteiger partial charge < -0.3 is 20.4 Å². The van der Waals surface area contributed by atoms with Crippen molar-refractivity contribution in [2.24, 2.45) is 5.73 Å². The second-order valence-electron chi connectivity index (χ2n) is 4.74. The second kappa shape index (κ2) is 8.50. The van der Waals surface area contributed by atoms with Crippen molar-refractivity contribution < 1.29 is 9.53 Å². The summed E-state index contributed by atoms with van der Waals surface area (Å²) in [5.74, 6) is -0.136. The van der Waals surface area contributed by atoms with Crippen LogP contribution in [0.3, 0.4) is 0 Å². The molecule has 1 unspecified atom stereocenters. The van der Waals surface area contributed by atoms with Crippen molar-refractivity contribution in [3.8, 4) is 0 Å². The molecule has 3 N–H and O–H groups in total. The van der Waals surface area contributed by atoms with Crippen LogP contribution in [-0.4, -0.2) is 30.2 Å². The van der Waals surface area contributed by atoms with Gasteiger partial charge in [0.15, 0.2) is 0 Å². The zero-order chi connectivity index (χ0) is 15.0. The Morgan fingerprint density at radius 1 is 1.50 bits per heavy atom. The topological polar surface area (TPSA) is 86.4 Å². The predicted molar refractivity (Wildman–Crippen MR) is 78.7 cm³/mol. The minimum atomic E-state index is -0.136. The molecule has 0 radical (unpaired) electrons. The molecule has 0 fully saturated rings. The van der Waals surface area contributed by atoms with Gasteiger partial charge in [0, 0.05) is 38.4 Å². The summed E-state index contributed by atoms with van der Waals surface area (Å²) < 4.78 is 6.44. The zero-order valence-corrected chi connectivity index (χ0v) is 12.1. The van der Waals surface area contributed by atoms with Gasteiger partial charge in [0.1, 0.15) is 0 Å². The maximum Gasteiger partial charge on any atom is 0.250 e. The number of aromatic nitrogens is 1. The monoisotopic (exact) mass is 281 g/mol. The van der Waals surface area contributed by atoms with Crippen molar-refractivity contribution in [1.82, 2.24) is 4.57 Å². The van der Waals surface area contributed by atoms with E-state index in [2.05, 4.69) is 5.32 Å². The lowest BCUT2D eigenvalue weighted by atomic mass is 10.1. The number of amides is 1. The highest BCUT2D eigenvalue weighted by molar-refractivity contribution is 5.90. The molecule has 0 aromatic carbocycles. The number of carbonyl (C=O) groups is 1. The number of anilines is 1. The lowest BCUT2D eigenvalue weighted by molar-refractivity contribution is -0.116. The highest BCUT2D eigenvalue weighted by Crippen LogP contribution is 2.06. The molecule has 0 bridgehead atoms. The summed E-state index contributed by atoms with van der Waals surface area (Å²) in [5, 5.41) is 2.76. The molecule has 0 saturated carbocycles. The standard InChI is InChI=1S/C14H23N3O3/c1-3-4-11(15)9-13(18)16-12-5-6-14(19)17(10-12)7-8-20-2/h5-6,10-11H,3-4,7-9,15H2,1-2H3,(H,16,18). The van der Waals surface area contributed by atoms with Crippen LogP contribution in [0.15, 0.2) is 23.1 Å². The first-order valence-electron chi connectivity index (χ1n) is 6.81. The van der Waals surface area contributed by atoms with E-state index in [0.717, 1.165) is 12.8 Å². The molecule has 1 aromatic rings. The lowest BCUT2D eigenvalue weighted by Crippen LogP contribution is -2.27. The number of carbonyl (C=O) groups excluding carboxylic acids is 1. The van der Waals surface area contributed by atoms with Crippen molar-refractivity contribution in [3.05, 3.63) is 28.7 Å². The van der Waals surface area contributed by atoms with E-state index in [-0.39, 0.29) is 23.9 Å². The van der Waals surface area contributed by atoms with Gasteiger partial charge in [0.2, 0.25) is 5.91 Å². The van der Waals surface area contributed by atoms with Gasteiger partial charge in [-0.1, -0.05) is 13.3 Å². The molecule has 6 heteroatoms. The van der Waals surface area contributed by atoms with Crippen molar-refractivity contribution in [3.63, 3.8) is 0 Å².